The van der Waals surface area contributed by atoms with Gasteiger partial charge in [-0.1, -0.05) is 24.6 Å². The van der Waals surface area contributed by atoms with E-state index < -0.39 is 5.82 Å². The largest absolute Gasteiger partial charge is 0.306 e. The van der Waals surface area contributed by atoms with Crippen LogP contribution in [-0.4, -0.2) is 11.5 Å². The Labute approximate surface area is 124 Å². The first-order valence-corrected chi connectivity index (χ1v) is 7.10. The van der Waals surface area contributed by atoms with Gasteiger partial charge in [0.2, 0.25) is 0 Å². The van der Waals surface area contributed by atoms with Gasteiger partial charge in [0.1, 0.15) is 5.82 Å². The van der Waals surface area contributed by atoms with Gasteiger partial charge in [-0.25, -0.2) is 4.39 Å². The number of nitrogens with zero attached hydrogens (tertiary/aromatic N) is 1. The van der Waals surface area contributed by atoms with Crippen LogP contribution in [0.5, 0.6) is 0 Å². The van der Waals surface area contributed by atoms with Gasteiger partial charge in [-0.2, -0.15) is 0 Å². The summed E-state index contributed by atoms with van der Waals surface area (Å²) in [6.07, 6.45) is 4.60. The van der Waals surface area contributed by atoms with Crippen molar-refractivity contribution in [3.05, 3.63) is 64.2 Å². The van der Waals surface area contributed by atoms with Gasteiger partial charge in [0.25, 0.3) is 0 Å². The van der Waals surface area contributed by atoms with E-state index in [2.05, 4.69) is 17.2 Å². The van der Waals surface area contributed by atoms with E-state index in [1.807, 2.05) is 25.3 Å². The maximum absolute atomic E-state index is 13.7. The maximum atomic E-state index is 13.7. The molecule has 20 heavy (non-hydrogen) atoms. The van der Waals surface area contributed by atoms with Crippen LogP contribution in [0.2, 0.25) is 5.02 Å². The highest BCUT2D eigenvalue weighted by molar-refractivity contribution is 6.30. The molecule has 1 aromatic heterocycles. The molecule has 2 rings (SSSR count). The predicted molar refractivity (Wildman–Crippen MR) is 80.5 cm³/mol. The molecule has 0 spiro atoms. The first-order chi connectivity index (χ1) is 9.63. The Kier molecular flexibility index (Phi) is 5.10. The summed E-state index contributed by atoms with van der Waals surface area (Å²) in [5.41, 5.74) is 3.04. The minimum Gasteiger partial charge on any atom is -0.306 e. The second-order valence-corrected chi connectivity index (χ2v) is 5.20. The van der Waals surface area contributed by atoms with Gasteiger partial charge in [-0.15, -0.1) is 0 Å². The molecule has 1 unspecified atom stereocenters. The lowest BCUT2D eigenvalue weighted by atomic mass is 9.96. The van der Waals surface area contributed by atoms with E-state index in [4.69, 9.17) is 11.6 Å². The zero-order chi connectivity index (χ0) is 14.5. The third-order valence-corrected chi connectivity index (χ3v) is 3.57. The quantitative estimate of drug-likeness (QED) is 0.890. The Morgan fingerprint density at radius 1 is 1.35 bits per heavy atom. The molecule has 1 N–H and O–H groups in total. The van der Waals surface area contributed by atoms with E-state index >= 15 is 0 Å². The van der Waals surface area contributed by atoms with Gasteiger partial charge in [0.05, 0.1) is 11.1 Å². The van der Waals surface area contributed by atoms with E-state index in [1.165, 1.54) is 6.07 Å². The van der Waals surface area contributed by atoms with Crippen LogP contribution < -0.4 is 5.32 Å². The zero-order valence-corrected chi connectivity index (χ0v) is 12.4. The van der Waals surface area contributed by atoms with Gasteiger partial charge in [0, 0.05) is 12.4 Å². The average Bonchev–Trinajstić information content (AvgIpc) is 2.44. The molecule has 4 heteroatoms. The van der Waals surface area contributed by atoms with Crippen LogP contribution in [0.1, 0.15) is 36.1 Å². The maximum Gasteiger partial charge on any atom is 0.142 e. The Balaban J connectivity index is 2.41. The van der Waals surface area contributed by atoms with Crippen molar-refractivity contribution in [3.63, 3.8) is 0 Å². The molecule has 1 heterocycles. The molecule has 0 aliphatic heterocycles. The molecule has 0 fully saturated rings. The fourth-order valence-corrected chi connectivity index (χ4v) is 2.28. The monoisotopic (exact) mass is 292 g/mol. The number of aryl methyl sites for hydroxylation is 1. The fourth-order valence-electron chi connectivity index (χ4n) is 2.17. The number of pyridine rings is 1. The standard InChI is InChI=1S/C16H18ClFN2/c1-3-7-20-16(13-10-19-8-6-11(13)2)12-4-5-14(17)15(18)9-12/h4-6,8-10,16,20H,3,7H2,1-2H3. The molecule has 0 radical (unpaired) electrons. The second-order valence-electron chi connectivity index (χ2n) is 4.79. The highest BCUT2D eigenvalue weighted by Crippen LogP contribution is 2.27. The predicted octanol–water partition coefficient (Wildman–Crippen LogP) is 4.27. The first kappa shape index (κ1) is 14.9. The van der Waals surface area contributed by atoms with Crippen LogP contribution in [0.25, 0.3) is 0 Å². The summed E-state index contributed by atoms with van der Waals surface area (Å²) >= 11 is 5.76. The molecular formula is C16H18ClFN2. The molecule has 0 amide bonds. The average molecular weight is 293 g/mol. The van der Waals surface area contributed by atoms with Crippen molar-refractivity contribution in [2.45, 2.75) is 26.3 Å². The molecule has 2 aromatic rings. The molecule has 0 saturated carbocycles. The van der Waals surface area contributed by atoms with E-state index in [0.29, 0.717) is 0 Å². The number of hydrogen-bond acceptors (Lipinski definition) is 2. The smallest absolute Gasteiger partial charge is 0.142 e. The van der Waals surface area contributed by atoms with Crippen LogP contribution in [0, 0.1) is 12.7 Å². The van der Waals surface area contributed by atoms with Gasteiger partial charge in [0.15, 0.2) is 0 Å². The first-order valence-electron chi connectivity index (χ1n) is 6.72. The van der Waals surface area contributed by atoms with Crippen molar-refractivity contribution in [1.29, 1.82) is 0 Å². The number of benzene rings is 1. The number of nitrogens with one attached hydrogen (secondary N) is 1. The highest BCUT2D eigenvalue weighted by atomic mass is 35.5. The van der Waals surface area contributed by atoms with E-state index in [0.717, 1.165) is 29.7 Å². The molecular weight excluding hydrogens is 275 g/mol. The topological polar surface area (TPSA) is 24.9 Å². The molecule has 1 aromatic carbocycles. The summed E-state index contributed by atoms with van der Waals surface area (Å²) in [6.45, 7) is 4.98. The lowest BCUT2D eigenvalue weighted by Crippen LogP contribution is -2.24. The molecule has 1 atom stereocenters. The normalized spacial score (nSPS) is 12.4. The number of hydrogen-bond donors (Lipinski definition) is 1. The van der Waals surface area contributed by atoms with Crippen LogP contribution in [-0.2, 0) is 0 Å². The van der Waals surface area contributed by atoms with Crippen molar-refractivity contribution < 1.29 is 4.39 Å². The highest BCUT2D eigenvalue weighted by Gasteiger charge is 2.17. The molecule has 0 bridgehead atoms. The van der Waals surface area contributed by atoms with Crippen LogP contribution >= 0.6 is 11.6 Å². The van der Waals surface area contributed by atoms with Crippen LogP contribution in [0.15, 0.2) is 36.7 Å². The summed E-state index contributed by atoms with van der Waals surface area (Å²) in [6, 6.07) is 6.82. The van der Waals surface area contributed by atoms with Gasteiger partial charge < -0.3 is 5.32 Å². The van der Waals surface area contributed by atoms with Crippen molar-refractivity contribution in [2.75, 3.05) is 6.54 Å². The van der Waals surface area contributed by atoms with Gasteiger partial charge in [-0.3, -0.25) is 4.98 Å². The van der Waals surface area contributed by atoms with Crippen LogP contribution in [0.3, 0.4) is 0 Å². The lowest BCUT2D eigenvalue weighted by Gasteiger charge is -2.21. The SMILES string of the molecule is CCCNC(c1ccc(Cl)c(F)c1)c1cnccc1C. The Hall–Kier alpha value is -1.45. The Bertz CT molecular complexity index is 586. The van der Waals surface area contributed by atoms with Gasteiger partial charge in [-0.05, 0) is 54.8 Å². The summed E-state index contributed by atoms with van der Waals surface area (Å²) in [4.78, 5) is 4.18. The van der Waals surface area contributed by atoms with E-state index in [-0.39, 0.29) is 11.1 Å². The molecule has 0 aliphatic carbocycles. The third kappa shape index (κ3) is 3.35. The molecule has 0 aliphatic rings. The summed E-state index contributed by atoms with van der Waals surface area (Å²) in [5, 5.41) is 3.58. The number of rotatable bonds is 5. The minimum absolute atomic E-state index is 0.0737. The van der Waals surface area contributed by atoms with Crippen molar-refractivity contribution in [2.24, 2.45) is 0 Å². The van der Waals surface area contributed by atoms with E-state index in [1.54, 1.807) is 12.3 Å². The van der Waals surface area contributed by atoms with Crippen molar-refractivity contribution in [3.8, 4) is 0 Å². The lowest BCUT2D eigenvalue weighted by molar-refractivity contribution is 0.582. The molecule has 2 nitrogen and oxygen atoms in total. The summed E-state index contributed by atoms with van der Waals surface area (Å²) in [5.74, 6) is -0.394. The summed E-state index contributed by atoms with van der Waals surface area (Å²) < 4.78 is 13.7. The van der Waals surface area contributed by atoms with Crippen molar-refractivity contribution in [1.82, 2.24) is 10.3 Å². The van der Waals surface area contributed by atoms with Crippen molar-refractivity contribution >= 4 is 11.6 Å². The van der Waals surface area contributed by atoms with E-state index in [9.17, 15) is 4.39 Å². The summed E-state index contributed by atoms with van der Waals surface area (Å²) in [7, 11) is 0. The molecule has 106 valence electrons. The number of halogens is 2. The Morgan fingerprint density at radius 2 is 2.15 bits per heavy atom. The Morgan fingerprint density at radius 3 is 2.80 bits per heavy atom. The minimum atomic E-state index is -0.394. The number of aromatic nitrogens is 1. The molecule has 0 saturated heterocycles. The zero-order valence-electron chi connectivity index (χ0n) is 11.7. The van der Waals surface area contributed by atoms with Gasteiger partial charge >= 0.3 is 0 Å². The second kappa shape index (κ2) is 6.82. The fraction of sp³-hybridized carbons (Fsp3) is 0.312. The van der Waals surface area contributed by atoms with Crippen LogP contribution in [0.4, 0.5) is 4.39 Å². The third-order valence-electron chi connectivity index (χ3n) is 3.27.